The molecule has 32 heavy (non-hydrogen) atoms. The highest BCUT2D eigenvalue weighted by molar-refractivity contribution is 5.73. The van der Waals surface area contributed by atoms with E-state index in [0.717, 1.165) is 67.7 Å². The van der Waals surface area contributed by atoms with Crippen molar-refractivity contribution in [3.05, 3.63) is 45.4 Å². The Morgan fingerprint density at radius 1 is 1.22 bits per heavy atom. The molecular formula is C25H35N5O2. The van der Waals surface area contributed by atoms with E-state index in [4.69, 9.17) is 14.7 Å². The maximum Gasteiger partial charge on any atom is 0.219 e. The molecule has 1 amide bonds. The molecule has 0 bridgehead atoms. The molecular weight excluding hydrogens is 402 g/mol. The van der Waals surface area contributed by atoms with E-state index in [9.17, 15) is 4.79 Å². The van der Waals surface area contributed by atoms with Crippen LogP contribution in [-0.4, -0.2) is 59.5 Å². The molecule has 7 nitrogen and oxygen atoms in total. The van der Waals surface area contributed by atoms with Gasteiger partial charge in [0.25, 0.3) is 0 Å². The van der Waals surface area contributed by atoms with Crippen molar-refractivity contribution in [3.8, 4) is 5.75 Å². The van der Waals surface area contributed by atoms with Crippen LogP contribution < -0.4 is 10.1 Å². The SMILES string of the molecule is CNc1nc(C2CCN(Cc3c(C)cc(OC)c(C)c3C)C2)nc2c1CCN(C(C)=O)C2. The maximum absolute atomic E-state index is 11.9. The van der Waals surface area contributed by atoms with Crippen molar-refractivity contribution in [3.63, 3.8) is 0 Å². The smallest absolute Gasteiger partial charge is 0.219 e. The van der Waals surface area contributed by atoms with Gasteiger partial charge in [0.05, 0.1) is 19.3 Å². The van der Waals surface area contributed by atoms with E-state index in [1.165, 1.54) is 22.3 Å². The van der Waals surface area contributed by atoms with Gasteiger partial charge in [-0.25, -0.2) is 9.97 Å². The van der Waals surface area contributed by atoms with Crippen LogP contribution >= 0.6 is 0 Å². The van der Waals surface area contributed by atoms with Crippen molar-refractivity contribution in [2.75, 3.05) is 39.1 Å². The third-order valence-electron chi connectivity index (χ3n) is 7.21. The van der Waals surface area contributed by atoms with Crippen molar-refractivity contribution in [1.29, 1.82) is 0 Å². The van der Waals surface area contributed by atoms with Crippen molar-refractivity contribution in [1.82, 2.24) is 19.8 Å². The van der Waals surface area contributed by atoms with Crippen molar-refractivity contribution in [2.24, 2.45) is 0 Å². The zero-order valence-corrected chi connectivity index (χ0v) is 20.2. The fraction of sp³-hybridized carbons (Fsp3) is 0.560. The average molecular weight is 438 g/mol. The number of hydrogen-bond acceptors (Lipinski definition) is 6. The maximum atomic E-state index is 11.9. The molecule has 7 heteroatoms. The van der Waals surface area contributed by atoms with E-state index in [-0.39, 0.29) is 5.91 Å². The highest BCUT2D eigenvalue weighted by atomic mass is 16.5. The van der Waals surface area contributed by atoms with Gasteiger partial charge in [-0.1, -0.05) is 0 Å². The molecule has 0 spiro atoms. The molecule has 1 N–H and O–H groups in total. The summed E-state index contributed by atoms with van der Waals surface area (Å²) in [5.74, 6) is 3.20. The van der Waals surface area contributed by atoms with Gasteiger partial charge >= 0.3 is 0 Å². The van der Waals surface area contributed by atoms with Gasteiger partial charge in [0.1, 0.15) is 17.4 Å². The van der Waals surface area contributed by atoms with E-state index in [1.807, 2.05) is 11.9 Å². The number of methoxy groups -OCH3 is 1. The van der Waals surface area contributed by atoms with E-state index in [2.05, 4.69) is 37.1 Å². The first-order chi connectivity index (χ1) is 15.3. The summed E-state index contributed by atoms with van der Waals surface area (Å²) in [6.45, 7) is 12.4. The normalized spacial score (nSPS) is 18.6. The van der Waals surface area contributed by atoms with Crippen LogP contribution in [0.2, 0.25) is 0 Å². The molecule has 1 saturated heterocycles. The number of carbonyl (C=O) groups is 1. The van der Waals surface area contributed by atoms with Gasteiger partial charge in [-0.05, 0) is 68.5 Å². The molecule has 1 aromatic heterocycles. The first-order valence-electron chi connectivity index (χ1n) is 11.5. The number of aryl methyl sites for hydroxylation is 1. The largest absolute Gasteiger partial charge is 0.496 e. The Hall–Kier alpha value is -2.67. The Morgan fingerprint density at radius 2 is 2.00 bits per heavy atom. The zero-order chi connectivity index (χ0) is 23.0. The van der Waals surface area contributed by atoms with E-state index in [1.54, 1.807) is 14.0 Å². The fourth-order valence-electron chi connectivity index (χ4n) is 5.07. The number of fused-ring (bicyclic) bond motifs is 1. The summed E-state index contributed by atoms with van der Waals surface area (Å²) in [5, 5.41) is 3.27. The second kappa shape index (κ2) is 9.06. The molecule has 4 rings (SSSR count). The van der Waals surface area contributed by atoms with Crippen molar-refractivity contribution in [2.45, 2.75) is 59.5 Å². The van der Waals surface area contributed by atoms with E-state index < -0.39 is 0 Å². The molecule has 2 aromatic rings. The quantitative estimate of drug-likeness (QED) is 0.774. The van der Waals surface area contributed by atoms with Gasteiger partial charge in [-0.3, -0.25) is 9.69 Å². The van der Waals surface area contributed by atoms with Gasteiger partial charge in [-0.2, -0.15) is 0 Å². The molecule has 0 radical (unpaired) electrons. The monoisotopic (exact) mass is 437 g/mol. The molecule has 1 atom stereocenters. The van der Waals surface area contributed by atoms with Gasteiger partial charge in [0.2, 0.25) is 5.91 Å². The Morgan fingerprint density at radius 3 is 2.69 bits per heavy atom. The number of nitrogens with one attached hydrogen (secondary N) is 1. The number of rotatable bonds is 5. The summed E-state index contributed by atoms with van der Waals surface area (Å²) in [6, 6.07) is 2.15. The summed E-state index contributed by atoms with van der Waals surface area (Å²) in [4.78, 5) is 26.1. The van der Waals surface area contributed by atoms with Crippen molar-refractivity contribution < 1.29 is 9.53 Å². The molecule has 2 aliphatic rings. The topological polar surface area (TPSA) is 70.6 Å². The van der Waals surface area contributed by atoms with Crippen LogP contribution in [0.3, 0.4) is 0 Å². The number of aromatic nitrogens is 2. The van der Waals surface area contributed by atoms with Crippen LogP contribution in [0.1, 0.15) is 58.6 Å². The molecule has 0 aliphatic carbocycles. The first kappa shape index (κ1) is 22.5. The summed E-state index contributed by atoms with van der Waals surface area (Å²) < 4.78 is 5.54. The van der Waals surface area contributed by atoms with Gasteiger partial charge in [0.15, 0.2) is 0 Å². The van der Waals surface area contributed by atoms with Crippen LogP contribution in [-0.2, 0) is 24.3 Å². The summed E-state index contributed by atoms with van der Waals surface area (Å²) in [5.41, 5.74) is 7.36. The number of hydrogen-bond donors (Lipinski definition) is 1. The van der Waals surface area contributed by atoms with Crippen LogP contribution in [0.4, 0.5) is 5.82 Å². The number of benzene rings is 1. The number of nitrogens with zero attached hydrogens (tertiary/aromatic N) is 4. The minimum Gasteiger partial charge on any atom is -0.496 e. The highest BCUT2D eigenvalue weighted by Crippen LogP contribution is 2.33. The number of ether oxygens (including phenoxy) is 1. The Labute approximate surface area is 191 Å². The number of carbonyl (C=O) groups excluding carboxylic acids is 1. The van der Waals surface area contributed by atoms with Crippen molar-refractivity contribution >= 4 is 11.7 Å². The van der Waals surface area contributed by atoms with Gasteiger partial charge < -0.3 is 15.0 Å². The lowest BCUT2D eigenvalue weighted by Gasteiger charge is -2.29. The molecule has 1 fully saturated rings. The van der Waals surface area contributed by atoms with Crippen LogP contribution in [0.25, 0.3) is 0 Å². The van der Waals surface area contributed by atoms with Crippen LogP contribution in [0, 0.1) is 20.8 Å². The zero-order valence-electron chi connectivity index (χ0n) is 20.2. The summed E-state index contributed by atoms with van der Waals surface area (Å²) in [7, 11) is 3.65. The highest BCUT2D eigenvalue weighted by Gasteiger charge is 2.30. The fourth-order valence-corrected chi connectivity index (χ4v) is 5.07. The number of amides is 1. The lowest BCUT2D eigenvalue weighted by atomic mass is 9.97. The first-order valence-corrected chi connectivity index (χ1v) is 11.5. The molecule has 2 aliphatic heterocycles. The minimum absolute atomic E-state index is 0.106. The molecule has 1 unspecified atom stereocenters. The summed E-state index contributed by atoms with van der Waals surface area (Å²) >= 11 is 0. The Balaban J connectivity index is 1.54. The Bertz CT molecular complexity index is 1040. The lowest BCUT2D eigenvalue weighted by molar-refractivity contribution is -0.129. The summed E-state index contributed by atoms with van der Waals surface area (Å²) in [6.07, 6.45) is 1.85. The lowest BCUT2D eigenvalue weighted by Crippen LogP contribution is -2.35. The predicted molar refractivity (Wildman–Crippen MR) is 126 cm³/mol. The second-order valence-corrected chi connectivity index (χ2v) is 9.14. The third kappa shape index (κ3) is 4.18. The van der Waals surface area contributed by atoms with Gasteiger partial charge in [-0.15, -0.1) is 0 Å². The molecule has 1 aromatic carbocycles. The second-order valence-electron chi connectivity index (χ2n) is 9.14. The average Bonchev–Trinajstić information content (AvgIpc) is 3.26. The van der Waals surface area contributed by atoms with Crippen LogP contribution in [0.15, 0.2) is 6.07 Å². The predicted octanol–water partition coefficient (Wildman–Crippen LogP) is 3.35. The van der Waals surface area contributed by atoms with E-state index in [0.29, 0.717) is 12.5 Å². The molecule has 0 saturated carbocycles. The standard InChI is InChI=1S/C25H35N5O2/c1-15-11-23(32-6)17(3)16(2)21(15)13-29-9-7-19(12-29)24-27-22-14-30(18(4)31)10-8-20(22)25(26-5)28-24/h11,19H,7-10,12-14H2,1-6H3,(H,26,27,28). The minimum atomic E-state index is 0.106. The molecule has 172 valence electrons. The van der Waals surface area contributed by atoms with Gasteiger partial charge in [0, 0.05) is 45.1 Å². The number of anilines is 1. The third-order valence-corrected chi connectivity index (χ3v) is 7.21. The van der Waals surface area contributed by atoms with E-state index >= 15 is 0 Å². The van der Waals surface area contributed by atoms with Crippen LogP contribution in [0.5, 0.6) is 5.75 Å². The Kier molecular flexibility index (Phi) is 6.38. The molecule has 3 heterocycles. The number of likely N-dealkylation sites (tertiary alicyclic amines) is 1.